The highest BCUT2D eigenvalue weighted by Crippen LogP contribution is 2.26. The second kappa shape index (κ2) is 5.85. The van der Waals surface area contributed by atoms with Gasteiger partial charge in [-0.05, 0) is 50.5 Å². The minimum absolute atomic E-state index is 0.0362. The molecule has 23 heavy (non-hydrogen) atoms. The Morgan fingerprint density at radius 2 is 2.13 bits per heavy atom. The topological polar surface area (TPSA) is 62.4 Å². The number of hydrogen-bond donors (Lipinski definition) is 1. The van der Waals surface area contributed by atoms with Crippen molar-refractivity contribution in [1.82, 2.24) is 9.88 Å². The van der Waals surface area contributed by atoms with Crippen LogP contribution < -0.4 is 4.87 Å². The van der Waals surface area contributed by atoms with E-state index in [2.05, 4.69) is 11.1 Å². The van der Waals surface area contributed by atoms with E-state index in [1.54, 1.807) is 4.90 Å². The van der Waals surface area contributed by atoms with Crippen molar-refractivity contribution in [3.05, 3.63) is 39.5 Å². The summed E-state index contributed by atoms with van der Waals surface area (Å²) in [4.78, 5) is 28.0. The molecule has 0 radical (unpaired) electrons. The molecule has 122 valence electrons. The summed E-state index contributed by atoms with van der Waals surface area (Å²) < 4.78 is 6.36. The van der Waals surface area contributed by atoms with Crippen LogP contribution in [0.25, 0.3) is 15.8 Å². The Kier molecular flexibility index (Phi) is 4.02. The molecule has 0 saturated carbocycles. The molecule has 3 rings (SSSR count). The third-order valence-corrected chi connectivity index (χ3v) is 4.50. The number of fused-ring (bicyclic) bond motifs is 1. The van der Waals surface area contributed by atoms with Crippen LogP contribution in [0, 0.1) is 0 Å². The first-order valence-electron chi connectivity index (χ1n) is 7.62. The highest BCUT2D eigenvalue weighted by atomic mass is 32.1. The number of hydrogen-bond acceptors (Lipinski definition) is 4. The number of thiazole rings is 1. The molecule has 0 bridgehead atoms. The molecule has 1 aliphatic heterocycles. The minimum Gasteiger partial charge on any atom is -0.444 e. The van der Waals surface area contributed by atoms with E-state index >= 15 is 0 Å². The molecule has 1 amide bonds. The molecule has 0 aliphatic carbocycles. The van der Waals surface area contributed by atoms with Gasteiger partial charge in [0.1, 0.15) is 5.60 Å². The van der Waals surface area contributed by atoms with E-state index in [-0.39, 0.29) is 11.0 Å². The van der Waals surface area contributed by atoms with E-state index in [9.17, 15) is 9.59 Å². The monoisotopic (exact) mass is 332 g/mol. The molecule has 0 atom stereocenters. The van der Waals surface area contributed by atoms with Crippen LogP contribution in [0.5, 0.6) is 0 Å². The second-order valence-electron chi connectivity index (χ2n) is 6.63. The molecular formula is C17H20N2O3S. The van der Waals surface area contributed by atoms with Gasteiger partial charge in [0.2, 0.25) is 0 Å². The van der Waals surface area contributed by atoms with Gasteiger partial charge < -0.3 is 14.6 Å². The van der Waals surface area contributed by atoms with Crippen molar-refractivity contribution in [2.45, 2.75) is 32.8 Å². The molecule has 1 aromatic heterocycles. The quantitative estimate of drug-likeness (QED) is 0.867. The summed E-state index contributed by atoms with van der Waals surface area (Å²) in [5.41, 5.74) is 2.71. The van der Waals surface area contributed by atoms with Crippen LogP contribution in [0.2, 0.25) is 0 Å². The average molecular weight is 332 g/mol. The third-order valence-electron chi connectivity index (χ3n) is 3.65. The largest absolute Gasteiger partial charge is 0.444 e. The maximum Gasteiger partial charge on any atom is 0.410 e. The molecule has 0 unspecified atom stereocenters. The summed E-state index contributed by atoms with van der Waals surface area (Å²) in [6.45, 7) is 6.79. The molecule has 1 N–H and O–H groups in total. The molecule has 2 heterocycles. The maximum absolute atomic E-state index is 12.1. The van der Waals surface area contributed by atoms with Gasteiger partial charge in [0, 0.05) is 13.1 Å². The van der Waals surface area contributed by atoms with Crippen LogP contribution in [0.3, 0.4) is 0 Å². The number of aromatic amines is 1. The number of H-pyrrole nitrogens is 1. The summed E-state index contributed by atoms with van der Waals surface area (Å²) in [5, 5.41) is 0. The van der Waals surface area contributed by atoms with Gasteiger partial charge in [0.15, 0.2) is 0 Å². The fraction of sp³-hybridized carbons (Fsp3) is 0.412. The second-order valence-corrected chi connectivity index (χ2v) is 7.65. The summed E-state index contributed by atoms with van der Waals surface area (Å²) in [5.74, 6) is 0. The maximum atomic E-state index is 12.1. The number of carbonyl (C=O) groups is 1. The predicted molar refractivity (Wildman–Crippen MR) is 92.8 cm³/mol. The van der Waals surface area contributed by atoms with Crippen molar-refractivity contribution in [2.75, 3.05) is 13.1 Å². The SMILES string of the molecule is CC(C)(C)OC(=O)N1CC=C(c2ccc3[nH]c(=O)sc3c2)CC1. The van der Waals surface area contributed by atoms with E-state index in [1.165, 1.54) is 16.9 Å². The highest BCUT2D eigenvalue weighted by molar-refractivity contribution is 7.16. The Labute approximate surface area is 138 Å². The lowest BCUT2D eigenvalue weighted by Gasteiger charge is -2.29. The van der Waals surface area contributed by atoms with Gasteiger partial charge in [-0.3, -0.25) is 4.79 Å². The number of rotatable bonds is 1. The molecule has 0 fully saturated rings. The lowest BCUT2D eigenvalue weighted by atomic mass is 9.99. The Hall–Kier alpha value is -2.08. The lowest BCUT2D eigenvalue weighted by Crippen LogP contribution is -2.39. The number of benzene rings is 1. The van der Waals surface area contributed by atoms with Gasteiger partial charge in [-0.15, -0.1) is 0 Å². The first kappa shape index (κ1) is 15.8. The number of nitrogens with zero attached hydrogens (tertiary/aromatic N) is 1. The number of nitrogens with one attached hydrogen (secondary N) is 1. The Bertz CT molecular complexity index is 826. The van der Waals surface area contributed by atoms with Crippen LogP contribution in [-0.2, 0) is 4.74 Å². The van der Waals surface area contributed by atoms with E-state index in [0.29, 0.717) is 13.1 Å². The van der Waals surface area contributed by atoms with Gasteiger partial charge in [-0.25, -0.2) is 4.79 Å². The van der Waals surface area contributed by atoms with Gasteiger partial charge in [0.05, 0.1) is 10.2 Å². The highest BCUT2D eigenvalue weighted by Gasteiger charge is 2.23. The van der Waals surface area contributed by atoms with Crippen LogP contribution in [-0.4, -0.2) is 34.7 Å². The van der Waals surface area contributed by atoms with Crippen molar-refractivity contribution in [1.29, 1.82) is 0 Å². The molecular weight excluding hydrogens is 312 g/mol. The zero-order valence-electron chi connectivity index (χ0n) is 13.5. The molecule has 0 spiro atoms. The van der Waals surface area contributed by atoms with Gasteiger partial charge in [0.25, 0.3) is 0 Å². The summed E-state index contributed by atoms with van der Waals surface area (Å²) in [6, 6.07) is 5.98. The number of aromatic nitrogens is 1. The van der Waals surface area contributed by atoms with E-state index in [0.717, 1.165) is 22.2 Å². The molecule has 6 heteroatoms. The average Bonchev–Trinajstić information content (AvgIpc) is 2.84. The van der Waals surface area contributed by atoms with Gasteiger partial charge >= 0.3 is 11.0 Å². The van der Waals surface area contributed by atoms with Crippen LogP contribution >= 0.6 is 11.3 Å². The molecule has 5 nitrogen and oxygen atoms in total. The minimum atomic E-state index is -0.474. The van der Waals surface area contributed by atoms with E-state index in [1.807, 2.05) is 39.0 Å². The van der Waals surface area contributed by atoms with E-state index in [4.69, 9.17) is 4.74 Å². The smallest absolute Gasteiger partial charge is 0.410 e. The van der Waals surface area contributed by atoms with Gasteiger partial charge in [-0.2, -0.15) is 0 Å². The number of amides is 1. The van der Waals surface area contributed by atoms with E-state index < -0.39 is 5.60 Å². The lowest BCUT2D eigenvalue weighted by molar-refractivity contribution is 0.0270. The Morgan fingerprint density at radius 3 is 2.78 bits per heavy atom. The summed E-state index contributed by atoms with van der Waals surface area (Å²) in [7, 11) is 0. The Morgan fingerprint density at radius 1 is 1.35 bits per heavy atom. The van der Waals surface area contributed by atoms with Crippen molar-refractivity contribution >= 4 is 33.2 Å². The molecule has 2 aromatic rings. The summed E-state index contributed by atoms with van der Waals surface area (Å²) in [6.07, 6.45) is 2.57. The molecule has 1 aliphatic rings. The first-order valence-corrected chi connectivity index (χ1v) is 8.44. The zero-order chi connectivity index (χ0) is 16.6. The van der Waals surface area contributed by atoms with Crippen LogP contribution in [0.1, 0.15) is 32.8 Å². The van der Waals surface area contributed by atoms with Crippen LogP contribution in [0.4, 0.5) is 4.79 Å². The fourth-order valence-corrected chi connectivity index (χ4v) is 3.34. The number of ether oxygens (including phenoxy) is 1. The summed E-state index contributed by atoms with van der Waals surface area (Å²) >= 11 is 1.22. The normalized spacial score (nSPS) is 15.6. The third kappa shape index (κ3) is 3.64. The van der Waals surface area contributed by atoms with Crippen molar-refractivity contribution < 1.29 is 9.53 Å². The predicted octanol–water partition coefficient (Wildman–Crippen LogP) is 3.61. The standard InChI is InChI=1S/C17H20N2O3S/c1-17(2,3)22-16(21)19-8-6-11(7-9-19)12-4-5-13-14(10-12)23-15(20)18-13/h4-6,10H,7-9H2,1-3H3,(H,18,20). The Balaban J connectivity index is 1.75. The van der Waals surface area contributed by atoms with Crippen molar-refractivity contribution in [2.24, 2.45) is 0 Å². The van der Waals surface area contributed by atoms with Crippen molar-refractivity contribution in [3.8, 4) is 0 Å². The first-order chi connectivity index (χ1) is 10.8. The number of carbonyl (C=O) groups excluding carboxylic acids is 1. The van der Waals surface area contributed by atoms with Crippen molar-refractivity contribution in [3.63, 3.8) is 0 Å². The fourth-order valence-electron chi connectivity index (χ4n) is 2.57. The molecule has 1 aromatic carbocycles. The van der Waals surface area contributed by atoms with Gasteiger partial charge in [-0.1, -0.05) is 23.5 Å². The molecule has 0 saturated heterocycles. The zero-order valence-corrected chi connectivity index (χ0v) is 14.3. The van der Waals surface area contributed by atoms with Crippen LogP contribution in [0.15, 0.2) is 29.1 Å².